The molecule has 4 nitrogen and oxygen atoms in total. The van der Waals surface area contributed by atoms with E-state index in [9.17, 15) is 13.2 Å². The van der Waals surface area contributed by atoms with Gasteiger partial charge in [-0.3, -0.25) is 0 Å². The van der Waals surface area contributed by atoms with Crippen LogP contribution < -0.4 is 4.74 Å². The van der Waals surface area contributed by atoms with E-state index in [1.807, 2.05) is 6.07 Å². The second-order valence-corrected chi connectivity index (χ2v) is 4.42. The van der Waals surface area contributed by atoms with Crippen LogP contribution in [0.4, 0.5) is 13.2 Å². The fourth-order valence-electron chi connectivity index (χ4n) is 1.89. The second kappa shape index (κ2) is 5.51. The molecule has 0 aliphatic carbocycles. The first-order valence-electron chi connectivity index (χ1n) is 6.34. The summed E-state index contributed by atoms with van der Waals surface area (Å²) in [5.41, 5.74) is -0.538. The Morgan fingerprint density at radius 2 is 1.73 bits per heavy atom. The number of ether oxygens (including phenoxy) is 1. The standard InChI is InChI=1S/C15H10F3N3O/c16-15(17,18)11-5-4-6-12(9-11)21-14(19-10-20-21)22-13-7-2-1-3-8-13/h1-10H. The monoisotopic (exact) mass is 305 g/mol. The Kier molecular flexibility index (Phi) is 3.54. The summed E-state index contributed by atoms with van der Waals surface area (Å²) in [5, 5.41) is 3.92. The van der Waals surface area contributed by atoms with E-state index in [1.54, 1.807) is 24.3 Å². The number of hydrogen-bond donors (Lipinski definition) is 0. The number of hydrogen-bond acceptors (Lipinski definition) is 3. The molecule has 3 aromatic rings. The molecule has 0 bridgehead atoms. The summed E-state index contributed by atoms with van der Waals surface area (Å²) in [6.45, 7) is 0. The maximum Gasteiger partial charge on any atom is 0.416 e. The normalized spacial score (nSPS) is 11.4. The molecule has 2 aromatic carbocycles. The molecule has 0 atom stereocenters. The molecule has 3 rings (SSSR count). The Labute approximate surface area is 123 Å². The number of nitrogens with zero attached hydrogens (tertiary/aromatic N) is 3. The van der Waals surface area contributed by atoms with Crippen LogP contribution in [0.5, 0.6) is 11.8 Å². The van der Waals surface area contributed by atoms with Gasteiger partial charge in [-0.2, -0.15) is 27.9 Å². The van der Waals surface area contributed by atoms with Gasteiger partial charge in [0.1, 0.15) is 12.1 Å². The Balaban J connectivity index is 1.95. The van der Waals surface area contributed by atoms with Crippen molar-refractivity contribution in [3.05, 3.63) is 66.5 Å². The van der Waals surface area contributed by atoms with Gasteiger partial charge >= 0.3 is 12.2 Å². The zero-order chi connectivity index (χ0) is 15.6. The third-order valence-electron chi connectivity index (χ3n) is 2.89. The van der Waals surface area contributed by atoms with Gasteiger partial charge in [-0.15, -0.1) is 0 Å². The minimum absolute atomic E-state index is 0.0884. The SMILES string of the molecule is FC(F)(F)c1cccc(-n2ncnc2Oc2ccccc2)c1. The Morgan fingerprint density at radius 1 is 0.955 bits per heavy atom. The lowest BCUT2D eigenvalue weighted by atomic mass is 10.2. The average Bonchev–Trinajstić information content (AvgIpc) is 2.96. The molecule has 0 amide bonds. The van der Waals surface area contributed by atoms with Gasteiger partial charge < -0.3 is 4.74 Å². The van der Waals surface area contributed by atoms with Gasteiger partial charge in [0, 0.05) is 0 Å². The fraction of sp³-hybridized carbons (Fsp3) is 0.0667. The Morgan fingerprint density at radius 3 is 2.45 bits per heavy atom. The summed E-state index contributed by atoms with van der Waals surface area (Å²) in [7, 11) is 0. The predicted molar refractivity (Wildman–Crippen MR) is 72.9 cm³/mol. The lowest BCUT2D eigenvalue weighted by molar-refractivity contribution is -0.137. The molecule has 0 spiro atoms. The summed E-state index contributed by atoms with van der Waals surface area (Å²) < 4.78 is 45.1. The van der Waals surface area contributed by atoms with Crippen molar-refractivity contribution in [2.75, 3.05) is 0 Å². The van der Waals surface area contributed by atoms with Gasteiger partial charge in [-0.25, -0.2) is 0 Å². The zero-order valence-electron chi connectivity index (χ0n) is 11.2. The summed E-state index contributed by atoms with van der Waals surface area (Å²) in [5.74, 6) is 0.517. The minimum atomic E-state index is -4.42. The highest BCUT2D eigenvalue weighted by atomic mass is 19.4. The molecule has 0 radical (unpaired) electrons. The van der Waals surface area contributed by atoms with Crippen LogP contribution >= 0.6 is 0 Å². The quantitative estimate of drug-likeness (QED) is 0.732. The molecule has 112 valence electrons. The molecular weight excluding hydrogens is 295 g/mol. The maximum atomic E-state index is 12.8. The van der Waals surface area contributed by atoms with Crippen molar-refractivity contribution in [3.8, 4) is 17.4 Å². The number of benzene rings is 2. The van der Waals surface area contributed by atoms with Crippen LogP contribution in [-0.2, 0) is 6.18 Å². The Hall–Kier alpha value is -2.83. The molecule has 0 aliphatic heterocycles. The van der Waals surface area contributed by atoms with E-state index >= 15 is 0 Å². The summed E-state index contributed by atoms with van der Waals surface area (Å²) in [4.78, 5) is 3.93. The van der Waals surface area contributed by atoms with Gasteiger partial charge in [0.2, 0.25) is 0 Å². The molecule has 0 saturated carbocycles. The van der Waals surface area contributed by atoms with Gasteiger partial charge in [-0.1, -0.05) is 24.3 Å². The highest BCUT2D eigenvalue weighted by molar-refractivity contribution is 5.38. The van der Waals surface area contributed by atoms with Crippen molar-refractivity contribution in [2.45, 2.75) is 6.18 Å². The predicted octanol–water partition coefficient (Wildman–Crippen LogP) is 4.08. The molecule has 1 aromatic heterocycles. The second-order valence-electron chi connectivity index (χ2n) is 4.42. The number of aromatic nitrogens is 3. The number of halogens is 3. The van der Waals surface area contributed by atoms with Gasteiger partial charge in [0.05, 0.1) is 11.3 Å². The summed E-state index contributed by atoms with van der Waals surface area (Å²) in [6.07, 6.45) is -3.20. The molecule has 0 unspecified atom stereocenters. The van der Waals surface area contributed by atoms with Crippen molar-refractivity contribution in [3.63, 3.8) is 0 Å². The van der Waals surface area contributed by atoms with Crippen molar-refractivity contribution < 1.29 is 17.9 Å². The molecule has 0 fully saturated rings. The highest BCUT2D eigenvalue weighted by Crippen LogP contribution is 2.31. The first kappa shape index (κ1) is 14.1. The van der Waals surface area contributed by atoms with E-state index in [0.717, 1.165) is 12.1 Å². The van der Waals surface area contributed by atoms with Crippen molar-refractivity contribution in [1.82, 2.24) is 14.8 Å². The van der Waals surface area contributed by atoms with Crippen molar-refractivity contribution in [2.24, 2.45) is 0 Å². The van der Waals surface area contributed by atoms with Crippen LogP contribution in [0.3, 0.4) is 0 Å². The molecule has 7 heteroatoms. The van der Waals surface area contributed by atoms with Crippen LogP contribution in [0, 0.1) is 0 Å². The topological polar surface area (TPSA) is 39.9 Å². The fourth-order valence-corrected chi connectivity index (χ4v) is 1.89. The number of rotatable bonds is 3. The van der Waals surface area contributed by atoms with E-state index in [-0.39, 0.29) is 11.7 Å². The molecule has 0 saturated heterocycles. The van der Waals surface area contributed by atoms with Crippen LogP contribution in [0.2, 0.25) is 0 Å². The maximum absolute atomic E-state index is 12.8. The Bertz CT molecular complexity index is 769. The minimum Gasteiger partial charge on any atom is -0.424 e. The van der Waals surface area contributed by atoms with Gasteiger partial charge in [0.25, 0.3) is 0 Å². The first-order chi connectivity index (χ1) is 10.5. The van der Waals surface area contributed by atoms with Gasteiger partial charge in [0.15, 0.2) is 0 Å². The van der Waals surface area contributed by atoms with Crippen LogP contribution in [0.15, 0.2) is 60.9 Å². The van der Waals surface area contributed by atoms with E-state index in [4.69, 9.17) is 4.74 Å². The zero-order valence-corrected chi connectivity index (χ0v) is 11.2. The van der Waals surface area contributed by atoms with Crippen LogP contribution in [0.1, 0.15) is 5.56 Å². The lowest BCUT2D eigenvalue weighted by Crippen LogP contribution is -2.07. The van der Waals surface area contributed by atoms with Crippen LogP contribution in [-0.4, -0.2) is 14.8 Å². The molecule has 22 heavy (non-hydrogen) atoms. The summed E-state index contributed by atoms with van der Waals surface area (Å²) >= 11 is 0. The average molecular weight is 305 g/mol. The first-order valence-corrected chi connectivity index (χ1v) is 6.34. The highest BCUT2D eigenvalue weighted by Gasteiger charge is 2.30. The molecule has 0 aliphatic rings. The molecular formula is C15H10F3N3O. The van der Waals surface area contributed by atoms with Crippen molar-refractivity contribution in [1.29, 1.82) is 0 Å². The third-order valence-corrected chi connectivity index (χ3v) is 2.89. The molecule has 0 N–H and O–H groups in total. The number of alkyl halides is 3. The van der Waals surface area contributed by atoms with E-state index in [1.165, 1.54) is 23.1 Å². The van der Waals surface area contributed by atoms with Gasteiger partial charge in [-0.05, 0) is 30.3 Å². The number of para-hydroxylation sites is 1. The van der Waals surface area contributed by atoms with E-state index in [0.29, 0.717) is 5.75 Å². The van der Waals surface area contributed by atoms with E-state index in [2.05, 4.69) is 10.1 Å². The third kappa shape index (κ3) is 2.93. The lowest BCUT2D eigenvalue weighted by Gasteiger charge is -2.10. The van der Waals surface area contributed by atoms with Crippen LogP contribution in [0.25, 0.3) is 5.69 Å². The smallest absolute Gasteiger partial charge is 0.416 e. The van der Waals surface area contributed by atoms with Crippen molar-refractivity contribution >= 4 is 0 Å². The van der Waals surface area contributed by atoms with E-state index < -0.39 is 11.7 Å². The molecule has 1 heterocycles. The summed E-state index contributed by atoms with van der Waals surface area (Å²) in [6, 6.07) is 13.7. The largest absolute Gasteiger partial charge is 0.424 e.